The molecule has 0 aliphatic heterocycles. The fraction of sp³-hybridized carbons (Fsp3) is 0.333. The Morgan fingerprint density at radius 3 is 2.73 bits per heavy atom. The fourth-order valence-electron chi connectivity index (χ4n) is 2.14. The van der Waals surface area contributed by atoms with Crippen LogP contribution in [0.4, 0.5) is 0 Å². The zero-order chi connectivity index (χ0) is 16.3. The molecule has 0 saturated heterocycles. The van der Waals surface area contributed by atoms with Crippen molar-refractivity contribution in [2.45, 2.75) is 33.2 Å². The van der Waals surface area contributed by atoms with Crippen LogP contribution in [0.25, 0.3) is 0 Å². The van der Waals surface area contributed by atoms with E-state index in [4.69, 9.17) is 9.63 Å². The first-order valence-corrected chi connectivity index (χ1v) is 6.80. The molecule has 1 atom stereocenters. The molecule has 2 aromatic heterocycles. The third-order valence-electron chi connectivity index (χ3n) is 3.31. The van der Waals surface area contributed by atoms with E-state index in [0.717, 1.165) is 17.0 Å². The average molecular weight is 303 g/mol. The molecular formula is C15H17N3O4. The van der Waals surface area contributed by atoms with Gasteiger partial charge in [0.05, 0.1) is 11.3 Å². The molecule has 0 aliphatic carbocycles. The van der Waals surface area contributed by atoms with Gasteiger partial charge in [-0.1, -0.05) is 5.16 Å². The minimum absolute atomic E-state index is 0.0264. The molecule has 2 rings (SSSR count). The lowest BCUT2D eigenvalue weighted by Crippen LogP contribution is -2.34. The van der Waals surface area contributed by atoms with Gasteiger partial charge in [0.1, 0.15) is 11.5 Å². The van der Waals surface area contributed by atoms with E-state index in [-0.39, 0.29) is 17.3 Å². The van der Waals surface area contributed by atoms with Crippen LogP contribution in [-0.2, 0) is 6.42 Å². The van der Waals surface area contributed by atoms with Gasteiger partial charge < -0.3 is 14.9 Å². The number of aromatic nitrogens is 2. The molecule has 0 spiro atoms. The second-order valence-electron chi connectivity index (χ2n) is 5.12. The standard InChI is InChI=1S/C15H17N3O4/c1-8(6-12-9(2)18-22-10(12)3)17-14(19)13-7-11(15(20)21)4-5-16-13/h4-5,7-8H,6H2,1-3H3,(H,17,19)(H,20,21). The molecular weight excluding hydrogens is 286 g/mol. The van der Waals surface area contributed by atoms with Crippen molar-refractivity contribution in [3.63, 3.8) is 0 Å². The second-order valence-corrected chi connectivity index (χ2v) is 5.12. The Bertz CT molecular complexity index is 689. The van der Waals surface area contributed by atoms with Crippen molar-refractivity contribution in [1.82, 2.24) is 15.5 Å². The highest BCUT2D eigenvalue weighted by Crippen LogP contribution is 2.14. The average Bonchev–Trinajstić information content (AvgIpc) is 2.79. The zero-order valence-electron chi connectivity index (χ0n) is 12.6. The molecule has 7 heteroatoms. The lowest BCUT2D eigenvalue weighted by molar-refractivity contribution is 0.0696. The van der Waals surface area contributed by atoms with E-state index in [0.29, 0.717) is 6.42 Å². The number of nitrogens with zero attached hydrogens (tertiary/aromatic N) is 2. The number of aromatic carboxylic acids is 1. The summed E-state index contributed by atoms with van der Waals surface area (Å²) in [5, 5.41) is 15.6. The van der Waals surface area contributed by atoms with Crippen molar-refractivity contribution >= 4 is 11.9 Å². The highest BCUT2D eigenvalue weighted by atomic mass is 16.5. The van der Waals surface area contributed by atoms with Gasteiger partial charge in [-0.2, -0.15) is 0 Å². The fourth-order valence-corrected chi connectivity index (χ4v) is 2.14. The maximum absolute atomic E-state index is 12.1. The number of rotatable bonds is 5. The van der Waals surface area contributed by atoms with Crippen molar-refractivity contribution in [2.24, 2.45) is 0 Å². The molecule has 22 heavy (non-hydrogen) atoms. The molecule has 0 fully saturated rings. The number of hydrogen-bond donors (Lipinski definition) is 2. The van der Waals surface area contributed by atoms with E-state index in [2.05, 4.69) is 15.5 Å². The van der Waals surface area contributed by atoms with Gasteiger partial charge in [-0.3, -0.25) is 9.78 Å². The molecule has 7 nitrogen and oxygen atoms in total. The van der Waals surface area contributed by atoms with E-state index in [9.17, 15) is 9.59 Å². The summed E-state index contributed by atoms with van der Waals surface area (Å²) >= 11 is 0. The van der Waals surface area contributed by atoms with Crippen LogP contribution < -0.4 is 5.32 Å². The molecule has 2 heterocycles. The number of nitrogens with one attached hydrogen (secondary N) is 1. The summed E-state index contributed by atoms with van der Waals surface area (Å²) in [6, 6.07) is 2.42. The first-order chi connectivity index (χ1) is 10.4. The van der Waals surface area contributed by atoms with Gasteiger partial charge in [-0.15, -0.1) is 0 Å². The predicted octanol–water partition coefficient (Wildman–Crippen LogP) is 1.75. The van der Waals surface area contributed by atoms with Gasteiger partial charge in [-0.25, -0.2) is 4.79 Å². The topological polar surface area (TPSA) is 105 Å². The summed E-state index contributed by atoms with van der Waals surface area (Å²) in [5.41, 5.74) is 1.86. The van der Waals surface area contributed by atoms with Crippen LogP contribution >= 0.6 is 0 Å². The number of carbonyl (C=O) groups excluding carboxylic acids is 1. The Balaban J connectivity index is 2.05. The molecule has 0 aromatic carbocycles. The van der Waals surface area contributed by atoms with Crippen LogP contribution in [0.3, 0.4) is 0 Å². The number of carboxylic acids is 1. The molecule has 116 valence electrons. The molecule has 2 aromatic rings. The number of hydrogen-bond acceptors (Lipinski definition) is 5. The van der Waals surface area contributed by atoms with E-state index >= 15 is 0 Å². The number of aryl methyl sites for hydroxylation is 2. The van der Waals surface area contributed by atoms with E-state index in [1.165, 1.54) is 18.3 Å². The maximum atomic E-state index is 12.1. The lowest BCUT2D eigenvalue weighted by Gasteiger charge is -2.13. The normalized spacial score (nSPS) is 12.0. The van der Waals surface area contributed by atoms with Gasteiger partial charge in [0, 0.05) is 17.8 Å². The number of amides is 1. The first-order valence-electron chi connectivity index (χ1n) is 6.80. The van der Waals surface area contributed by atoms with Crippen molar-refractivity contribution in [3.05, 3.63) is 46.6 Å². The van der Waals surface area contributed by atoms with Crippen molar-refractivity contribution < 1.29 is 19.2 Å². The Morgan fingerprint density at radius 1 is 1.41 bits per heavy atom. The van der Waals surface area contributed by atoms with Crippen LogP contribution in [0.1, 0.15) is 44.8 Å². The second kappa shape index (κ2) is 6.38. The van der Waals surface area contributed by atoms with Crippen molar-refractivity contribution in [1.29, 1.82) is 0 Å². The van der Waals surface area contributed by atoms with Gasteiger partial charge in [-0.05, 0) is 39.3 Å². The SMILES string of the molecule is Cc1noc(C)c1CC(C)NC(=O)c1cc(C(=O)O)ccn1. The molecule has 0 radical (unpaired) electrons. The van der Waals surface area contributed by atoms with Crippen LogP contribution in [0.2, 0.25) is 0 Å². The van der Waals surface area contributed by atoms with E-state index < -0.39 is 11.9 Å². The van der Waals surface area contributed by atoms with Gasteiger partial charge in [0.15, 0.2) is 0 Å². The van der Waals surface area contributed by atoms with Crippen LogP contribution in [0, 0.1) is 13.8 Å². The molecule has 0 saturated carbocycles. The molecule has 1 amide bonds. The smallest absolute Gasteiger partial charge is 0.335 e. The highest BCUT2D eigenvalue weighted by molar-refractivity contribution is 5.95. The summed E-state index contributed by atoms with van der Waals surface area (Å²) in [6.45, 7) is 5.52. The Hall–Kier alpha value is -2.70. The van der Waals surface area contributed by atoms with Gasteiger partial charge in [0.2, 0.25) is 0 Å². The Labute approximate surface area is 127 Å². The highest BCUT2D eigenvalue weighted by Gasteiger charge is 2.17. The van der Waals surface area contributed by atoms with Crippen LogP contribution in [0.15, 0.2) is 22.9 Å². The number of carboxylic acid groups (broad SMARTS) is 1. The number of pyridine rings is 1. The third-order valence-corrected chi connectivity index (χ3v) is 3.31. The number of carbonyl (C=O) groups is 2. The molecule has 0 aliphatic rings. The third kappa shape index (κ3) is 3.49. The lowest BCUT2D eigenvalue weighted by atomic mass is 10.1. The van der Waals surface area contributed by atoms with Crippen molar-refractivity contribution in [3.8, 4) is 0 Å². The molecule has 0 bridgehead atoms. The largest absolute Gasteiger partial charge is 0.478 e. The summed E-state index contributed by atoms with van der Waals surface area (Å²) in [5.74, 6) is -0.785. The predicted molar refractivity (Wildman–Crippen MR) is 77.8 cm³/mol. The Kier molecular flexibility index (Phi) is 4.55. The Morgan fingerprint density at radius 2 is 2.14 bits per heavy atom. The summed E-state index contributed by atoms with van der Waals surface area (Å²) in [6.07, 6.45) is 1.88. The summed E-state index contributed by atoms with van der Waals surface area (Å²) in [7, 11) is 0. The van der Waals surface area contributed by atoms with Crippen molar-refractivity contribution in [2.75, 3.05) is 0 Å². The summed E-state index contributed by atoms with van der Waals surface area (Å²) in [4.78, 5) is 26.9. The minimum atomic E-state index is -1.10. The van der Waals surface area contributed by atoms with E-state index in [1.54, 1.807) is 0 Å². The summed E-state index contributed by atoms with van der Waals surface area (Å²) < 4.78 is 5.09. The van der Waals surface area contributed by atoms with Crippen LogP contribution in [0.5, 0.6) is 0 Å². The minimum Gasteiger partial charge on any atom is -0.478 e. The van der Waals surface area contributed by atoms with Gasteiger partial charge in [0.25, 0.3) is 5.91 Å². The monoisotopic (exact) mass is 303 g/mol. The molecule has 1 unspecified atom stereocenters. The van der Waals surface area contributed by atoms with Crippen LogP contribution in [-0.4, -0.2) is 33.2 Å². The van der Waals surface area contributed by atoms with E-state index in [1.807, 2.05) is 20.8 Å². The first kappa shape index (κ1) is 15.7. The zero-order valence-corrected chi connectivity index (χ0v) is 12.6. The molecule has 2 N–H and O–H groups in total. The maximum Gasteiger partial charge on any atom is 0.335 e. The van der Waals surface area contributed by atoms with Gasteiger partial charge >= 0.3 is 5.97 Å². The quantitative estimate of drug-likeness (QED) is 0.871.